The lowest BCUT2D eigenvalue weighted by molar-refractivity contribution is 0.0938. The van der Waals surface area contributed by atoms with Crippen molar-refractivity contribution in [1.82, 2.24) is 10.2 Å². The van der Waals surface area contributed by atoms with E-state index in [2.05, 4.69) is 5.32 Å². The Hall–Kier alpha value is -2.47. The summed E-state index contributed by atoms with van der Waals surface area (Å²) in [5.41, 5.74) is 0.484. The molecule has 1 aromatic heterocycles. The van der Waals surface area contributed by atoms with Gasteiger partial charge in [0.1, 0.15) is 17.3 Å². The van der Waals surface area contributed by atoms with Crippen molar-refractivity contribution >= 4 is 5.91 Å². The number of methoxy groups -OCH3 is 2. The molecule has 0 spiro atoms. The zero-order chi connectivity index (χ0) is 16.8. The summed E-state index contributed by atoms with van der Waals surface area (Å²) < 4.78 is 15.8. The van der Waals surface area contributed by atoms with Gasteiger partial charge in [0.05, 0.1) is 26.5 Å². The molecule has 6 heteroatoms. The lowest BCUT2D eigenvalue weighted by Crippen LogP contribution is -2.34. The number of hydrogen-bond acceptors (Lipinski definition) is 5. The number of furan rings is 1. The zero-order valence-electron chi connectivity index (χ0n) is 13.8. The first-order valence-corrected chi connectivity index (χ1v) is 7.26. The topological polar surface area (TPSA) is 63.9 Å². The highest BCUT2D eigenvalue weighted by atomic mass is 16.5. The second kappa shape index (κ2) is 7.69. The number of hydrogen-bond donors (Lipinski definition) is 1. The molecule has 0 saturated carbocycles. The van der Waals surface area contributed by atoms with Gasteiger partial charge in [-0.05, 0) is 38.4 Å². The van der Waals surface area contributed by atoms with Crippen molar-refractivity contribution < 1.29 is 18.7 Å². The Labute approximate surface area is 136 Å². The van der Waals surface area contributed by atoms with E-state index in [9.17, 15) is 4.79 Å². The Balaban J connectivity index is 2.09. The van der Waals surface area contributed by atoms with Gasteiger partial charge < -0.3 is 19.2 Å². The van der Waals surface area contributed by atoms with Crippen LogP contribution in [0.1, 0.15) is 22.2 Å². The highest BCUT2D eigenvalue weighted by Crippen LogP contribution is 2.23. The van der Waals surface area contributed by atoms with Crippen LogP contribution in [0.15, 0.2) is 41.0 Å². The van der Waals surface area contributed by atoms with Crippen molar-refractivity contribution in [3.05, 3.63) is 47.9 Å². The highest BCUT2D eigenvalue weighted by Gasteiger charge is 2.18. The van der Waals surface area contributed by atoms with Gasteiger partial charge >= 0.3 is 0 Å². The fourth-order valence-electron chi connectivity index (χ4n) is 2.25. The summed E-state index contributed by atoms with van der Waals surface area (Å²) in [7, 11) is 6.98. The molecule has 2 aromatic rings. The summed E-state index contributed by atoms with van der Waals surface area (Å²) in [6.07, 6.45) is 1.63. The van der Waals surface area contributed by atoms with E-state index >= 15 is 0 Å². The van der Waals surface area contributed by atoms with Crippen LogP contribution in [0.2, 0.25) is 0 Å². The number of amides is 1. The number of nitrogens with zero attached hydrogens (tertiary/aromatic N) is 1. The Morgan fingerprint density at radius 3 is 2.35 bits per heavy atom. The van der Waals surface area contributed by atoms with Gasteiger partial charge in [0.15, 0.2) is 0 Å². The van der Waals surface area contributed by atoms with E-state index in [1.807, 2.05) is 31.1 Å². The molecule has 0 unspecified atom stereocenters. The second-order valence-corrected chi connectivity index (χ2v) is 5.31. The molecular weight excluding hydrogens is 296 g/mol. The summed E-state index contributed by atoms with van der Waals surface area (Å²) in [5.74, 6) is 1.76. The fourth-order valence-corrected chi connectivity index (χ4v) is 2.25. The molecule has 1 aromatic carbocycles. The molecule has 0 bridgehead atoms. The monoisotopic (exact) mass is 318 g/mol. The van der Waals surface area contributed by atoms with Gasteiger partial charge in [-0.2, -0.15) is 0 Å². The molecule has 23 heavy (non-hydrogen) atoms. The minimum absolute atomic E-state index is 0.0403. The number of benzene rings is 1. The molecule has 1 N–H and O–H groups in total. The van der Waals surface area contributed by atoms with Crippen LogP contribution >= 0.6 is 0 Å². The van der Waals surface area contributed by atoms with Gasteiger partial charge in [0.25, 0.3) is 5.91 Å². The molecule has 0 fully saturated rings. The first-order valence-electron chi connectivity index (χ1n) is 7.26. The minimum Gasteiger partial charge on any atom is -0.497 e. The van der Waals surface area contributed by atoms with Crippen LogP contribution in [0, 0.1) is 0 Å². The average Bonchev–Trinajstić information content (AvgIpc) is 3.08. The molecule has 6 nitrogen and oxygen atoms in total. The fraction of sp³-hybridized carbons (Fsp3) is 0.353. The standard InChI is InChI=1S/C17H22N2O4/c1-19(2)15(16-6-5-7-23-16)11-18-17(20)12-8-13(21-3)10-14(9-12)22-4/h5-10,15H,11H2,1-4H3,(H,18,20)/t15-/m1/s1. The van der Waals surface area contributed by atoms with Crippen molar-refractivity contribution in [1.29, 1.82) is 0 Å². The molecule has 1 amide bonds. The maximum Gasteiger partial charge on any atom is 0.251 e. The number of carbonyl (C=O) groups is 1. The Kier molecular flexibility index (Phi) is 5.65. The molecule has 1 atom stereocenters. The van der Waals surface area contributed by atoms with Crippen molar-refractivity contribution in [2.24, 2.45) is 0 Å². The van der Waals surface area contributed by atoms with Gasteiger partial charge in [-0.1, -0.05) is 0 Å². The summed E-state index contributed by atoms with van der Waals surface area (Å²) in [6.45, 7) is 0.429. The second-order valence-electron chi connectivity index (χ2n) is 5.31. The summed E-state index contributed by atoms with van der Waals surface area (Å²) >= 11 is 0. The minimum atomic E-state index is -0.194. The van der Waals surface area contributed by atoms with Crippen molar-refractivity contribution in [2.75, 3.05) is 34.9 Å². The van der Waals surface area contributed by atoms with Crippen LogP contribution in [-0.4, -0.2) is 45.7 Å². The van der Waals surface area contributed by atoms with E-state index in [1.165, 1.54) is 0 Å². The first-order chi connectivity index (χ1) is 11.0. The van der Waals surface area contributed by atoms with E-state index in [0.29, 0.717) is 23.6 Å². The molecule has 0 aliphatic heterocycles. The van der Waals surface area contributed by atoms with E-state index in [0.717, 1.165) is 5.76 Å². The third kappa shape index (κ3) is 4.26. The predicted molar refractivity (Wildman–Crippen MR) is 87.0 cm³/mol. The normalized spacial score (nSPS) is 12.0. The van der Waals surface area contributed by atoms with Crippen LogP contribution in [0.3, 0.4) is 0 Å². The molecule has 124 valence electrons. The van der Waals surface area contributed by atoms with Crippen molar-refractivity contribution in [2.45, 2.75) is 6.04 Å². The molecule has 0 aliphatic rings. The lowest BCUT2D eigenvalue weighted by Gasteiger charge is -2.22. The van der Waals surface area contributed by atoms with Gasteiger partial charge in [-0.15, -0.1) is 0 Å². The van der Waals surface area contributed by atoms with E-state index in [4.69, 9.17) is 13.9 Å². The number of nitrogens with one attached hydrogen (secondary N) is 1. The zero-order valence-corrected chi connectivity index (χ0v) is 13.8. The first kappa shape index (κ1) is 16.9. The molecule has 0 saturated heterocycles. The van der Waals surface area contributed by atoms with Gasteiger partial charge in [-0.25, -0.2) is 0 Å². The van der Waals surface area contributed by atoms with Gasteiger partial charge in [0, 0.05) is 18.2 Å². The van der Waals surface area contributed by atoms with Crippen LogP contribution < -0.4 is 14.8 Å². The molecule has 0 radical (unpaired) electrons. The molecule has 0 aliphatic carbocycles. The van der Waals surface area contributed by atoms with Gasteiger partial charge in [-0.3, -0.25) is 9.69 Å². The Morgan fingerprint density at radius 1 is 1.22 bits per heavy atom. The summed E-state index contributed by atoms with van der Waals surface area (Å²) in [6, 6.07) is 8.76. The number of rotatable bonds is 7. The molecule has 1 heterocycles. The van der Waals surface area contributed by atoms with Crippen molar-refractivity contribution in [3.63, 3.8) is 0 Å². The van der Waals surface area contributed by atoms with Crippen molar-refractivity contribution in [3.8, 4) is 11.5 Å². The maximum atomic E-state index is 12.4. The number of ether oxygens (including phenoxy) is 2. The molecular formula is C17H22N2O4. The third-order valence-electron chi connectivity index (χ3n) is 3.56. The Morgan fingerprint density at radius 2 is 1.87 bits per heavy atom. The lowest BCUT2D eigenvalue weighted by atomic mass is 10.1. The van der Waals surface area contributed by atoms with Crippen LogP contribution in [0.5, 0.6) is 11.5 Å². The smallest absolute Gasteiger partial charge is 0.251 e. The van der Waals surface area contributed by atoms with Crippen LogP contribution in [0.25, 0.3) is 0 Å². The van der Waals surface area contributed by atoms with E-state index in [-0.39, 0.29) is 11.9 Å². The maximum absolute atomic E-state index is 12.4. The predicted octanol–water partition coefficient (Wildman–Crippen LogP) is 2.33. The SMILES string of the molecule is COc1cc(OC)cc(C(=O)NC[C@H](c2ccco2)N(C)C)c1. The number of likely N-dealkylation sites (N-methyl/N-ethyl adjacent to an activating group) is 1. The molecule has 2 rings (SSSR count). The van der Waals surface area contributed by atoms with E-state index in [1.54, 1.807) is 38.7 Å². The highest BCUT2D eigenvalue weighted by molar-refractivity contribution is 5.95. The summed E-state index contributed by atoms with van der Waals surface area (Å²) in [4.78, 5) is 14.4. The van der Waals surface area contributed by atoms with Gasteiger partial charge in [0.2, 0.25) is 0 Å². The van der Waals surface area contributed by atoms with E-state index < -0.39 is 0 Å². The van der Waals surface area contributed by atoms with Crippen LogP contribution in [-0.2, 0) is 0 Å². The number of carbonyl (C=O) groups excluding carboxylic acids is 1. The quantitative estimate of drug-likeness (QED) is 0.849. The summed E-state index contributed by atoms with van der Waals surface area (Å²) in [5, 5.41) is 2.92. The largest absolute Gasteiger partial charge is 0.497 e. The van der Waals surface area contributed by atoms with Crippen LogP contribution in [0.4, 0.5) is 0 Å². The third-order valence-corrected chi connectivity index (χ3v) is 3.56. The Bertz CT molecular complexity index is 616. The average molecular weight is 318 g/mol.